The fourth-order valence-electron chi connectivity index (χ4n) is 2.10. The molecule has 0 radical (unpaired) electrons. The van der Waals surface area contributed by atoms with Crippen LogP contribution < -0.4 is 14.2 Å². The smallest absolute Gasteiger partial charge is 0.338 e. The molecule has 2 aromatic carbocycles. The van der Waals surface area contributed by atoms with Crippen molar-refractivity contribution in [3.8, 4) is 17.2 Å². The van der Waals surface area contributed by atoms with Gasteiger partial charge in [-0.2, -0.15) is 0 Å². The number of hydrogen-bond donors (Lipinski definition) is 0. The molecule has 0 aliphatic rings. The number of benzene rings is 2. The summed E-state index contributed by atoms with van der Waals surface area (Å²) in [6.07, 6.45) is 0. The number of Topliss-reactive ketones (excluding diaryl/α,β-unsaturated/α-hetero) is 1. The van der Waals surface area contributed by atoms with Gasteiger partial charge < -0.3 is 18.9 Å². The molecule has 132 valence electrons. The molecule has 0 unspecified atom stereocenters. The number of halogens is 1. The molecule has 0 saturated carbocycles. The Hall–Kier alpha value is -2.73. The fourth-order valence-corrected chi connectivity index (χ4v) is 2.36. The molecule has 2 aromatic rings. The van der Waals surface area contributed by atoms with Crippen LogP contribution in [0.25, 0.3) is 0 Å². The zero-order chi connectivity index (χ0) is 18.4. The quantitative estimate of drug-likeness (QED) is 0.554. The second-order valence-corrected chi connectivity index (χ2v) is 5.33. The zero-order valence-corrected chi connectivity index (χ0v) is 14.8. The van der Waals surface area contributed by atoms with Crippen LogP contribution in [0, 0.1) is 0 Å². The maximum absolute atomic E-state index is 12.1. The number of hydrogen-bond acceptors (Lipinski definition) is 6. The number of carbonyl (C=O) groups is 2. The lowest BCUT2D eigenvalue weighted by Crippen LogP contribution is -2.14. The van der Waals surface area contributed by atoms with Gasteiger partial charge in [-0.25, -0.2) is 4.79 Å². The summed E-state index contributed by atoms with van der Waals surface area (Å²) in [6.45, 7) is -0.407. The Kier molecular flexibility index (Phi) is 6.25. The molecule has 0 heterocycles. The average molecular weight is 365 g/mol. The van der Waals surface area contributed by atoms with Gasteiger partial charge >= 0.3 is 5.97 Å². The molecule has 7 heteroatoms. The van der Waals surface area contributed by atoms with Crippen LogP contribution in [0.2, 0.25) is 5.02 Å². The van der Waals surface area contributed by atoms with Gasteiger partial charge in [0, 0.05) is 5.56 Å². The predicted octanol–water partition coefficient (Wildman–Crippen LogP) is 3.41. The highest BCUT2D eigenvalue weighted by atomic mass is 35.5. The Morgan fingerprint density at radius 2 is 1.44 bits per heavy atom. The summed E-state index contributed by atoms with van der Waals surface area (Å²) in [7, 11) is 4.44. The van der Waals surface area contributed by atoms with Crippen LogP contribution in [0.1, 0.15) is 20.7 Å². The number of ketones is 1. The lowest BCUT2D eigenvalue weighted by Gasteiger charge is -2.10. The van der Waals surface area contributed by atoms with Crippen molar-refractivity contribution in [2.45, 2.75) is 0 Å². The van der Waals surface area contributed by atoms with Crippen molar-refractivity contribution in [3.63, 3.8) is 0 Å². The fraction of sp³-hybridized carbons (Fsp3) is 0.222. The Balaban J connectivity index is 2.04. The van der Waals surface area contributed by atoms with Gasteiger partial charge in [-0.05, 0) is 36.4 Å². The van der Waals surface area contributed by atoms with Gasteiger partial charge in [0.1, 0.15) is 5.75 Å². The third-order valence-corrected chi connectivity index (χ3v) is 3.72. The van der Waals surface area contributed by atoms with Crippen molar-refractivity contribution in [1.82, 2.24) is 0 Å². The van der Waals surface area contributed by atoms with Crippen LogP contribution in [-0.2, 0) is 4.74 Å². The van der Waals surface area contributed by atoms with Gasteiger partial charge in [0.05, 0.1) is 31.9 Å². The van der Waals surface area contributed by atoms with Crippen molar-refractivity contribution < 1.29 is 28.5 Å². The second kappa shape index (κ2) is 8.39. The van der Waals surface area contributed by atoms with Gasteiger partial charge in [-0.3, -0.25) is 4.79 Å². The Morgan fingerprint density at radius 1 is 0.840 bits per heavy atom. The topological polar surface area (TPSA) is 71.1 Å². The number of ether oxygens (including phenoxy) is 4. The van der Waals surface area contributed by atoms with Gasteiger partial charge in [0.25, 0.3) is 0 Å². The molecule has 0 aliphatic heterocycles. The molecular weight excluding hydrogens is 348 g/mol. The molecule has 2 rings (SSSR count). The summed E-state index contributed by atoms with van der Waals surface area (Å²) in [5, 5.41) is 0.305. The molecule has 0 bridgehead atoms. The minimum Gasteiger partial charge on any atom is -0.495 e. The molecule has 25 heavy (non-hydrogen) atoms. The largest absolute Gasteiger partial charge is 0.495 e. The Bertz CT molecular complexity index is 787. The van der Waals surface area contributed by atoms with E-state index in [0.29, 0.717) is 27.8 Å². The lowest BCUT2D eigenvalue weighted by molar-refractivity contribution is 0.0474. The van der Waals surface area contributed by atoms with Crippen molar-refractivity contribution in [2.24, 2.45) is 0 Å². The van der Waals surface area contributed by atoms with E-state index in [2.05, 4.69) is 0 Å². The summed E-state index contributed by atoms with van der Waals surface area (Å²) in [5.41, 5.74) is 0.573. The van der Waals surface area contributed by atoms with Gasteiger partial charge in [0.2, 0.25) is 0 Å². The van der Waals surface area contributed by atoms with Crippen LogP contribution >= 0.6 is 11.6 Å². The third kappa shape index (κ3) is 4.42. The van der Waals surface area contributed by atoms with Crippen molar-refractivity contribution >= 4 is 23.4 Å². The van der Waals surface area contributed by atoms with Crippen LogP contribution in [0.3, 0.4) is 0 Å². The number of methoxy groups -OCH3 is 3. The highest BCUT2D eigenvalue weighted by molar-refractivity contribution is 6.32. The summed E-state index contributed by atoms with van der Waals surface area (Å²) in [5.74, 6) is 0.320. The molecule has 0 aliphatic carbocycles. The first-order valence-corrected chi connectivity index (χ1v) is 7.63. The van der Waals surface area contributed by atoms with E-state index in [9.17, 15) is 9.59 Å². The van der Waals surface area contributed by atoms with E-state index in [1.165, 1.54) is 39.5 Å². The van der Waals surface area contributed by atoms with Crippen molar-refractivity contribution in [1.29, 1.82) is 0 Å². The molecule has 0 atom stereocenters. The van der Waals surface area contributed by atoms with E-state index in [4.69, 9.17) is 30.5 Å². The number of carbonyl (C=O) groups excluding carboxylic acids is 2. The summed E-state index contributed by atoms with van der Waals surface area (Å²) in [4.78, 5) is 24.2. The first kappa shape index (κ1) is 18.6. The number of rotatable bonds is 7. The van der Waals surface area contributed by atoms with Gasteiger partial charge in [-0.1, -0.05) is 11.6 Å². The molecule has 0 saturated heterocycles. The molecule has 6 nitrogen and oxygen atoms in total. The second-order valence-electron chi connectivity index (χ2n) is 4.92. The highest BCUT2D eigenvalue weighted by Crippen LogP contribution is 2.28. The molecule has 0 aromatic heterocycles. The molecular formula is C18H17ClO6. The van der Waals surface area contributed by atoms with E-state index in [1.54, 1.807) is 18.2 Å². The summed E-state index contributed by atoms with van der Waals surface area (Å²) < 4.78 is 20.3. The Morgan fingerprint density at radius 3 is 2.04 bits per heavy atom. The van der Waals surface area contributed by atoms with Crippen LogP contribution in [0.4, 0.5) is 0 Å². The van der Waals surface area contributed by atoms with Crippen LogP contribution in [0.15, 0.2) is 36.4 Å². The predicted molar refractivity (Wildman–Crippen MR) is 92.2 cm³/mol. The SMILES string of the molecule is COc1ccc(C(=O)COC(=O)c2ccc(OC)c(OC)c2)cc1Cl. The third-order valence-electron chi connectivity index (χ3n) is 3.43. The monoisotopic (exact) mass is 364 g/mol. The maximum Gasteiger partial charge on any atom is 0.338 e. The van der Waals surface area contributed by atoms with Crippen LogP contribution in [-0.4, -0.2) is 39.7 Å². The standard InChI is InChI=1S/C18H17ClO6/c1-22-15-6-4-11(8-13(15)19)14(20)10-25-18(21)12-5-7-16(23-2)17(9-12)24-3/h4-9H,10H2,1-3H3. The summed E-state index contributed by atoms with van der Waals surface area (Å²) in [6, 6.07) is 9.19. The maximum atomic E-state index is 12.1. The summed E-state index contributed by atoms with van der Waals surface area (Å²) >= 11 is 5.98. The Labute approximate surface area is 150 Å². The first-order chi connectivity index (χ1) is 12.0. The highest BCUT2D eigenvalue weighted by Gasteiger charge is 2.15. The minimum absolute atomic E-state index is 0.248. The molecule has 0 spiro atoms. The van der Waals surface area contributed by atoms with E-state index in [1.807, 2.05) is 0 Å². The van der Waals surface area contributed by atoms with Crippen molar-refractivity contribution in [3.05, 3.63) is 52.5 Å². The van der Waals surface area contributed by atoms with E-state index in [0.717, 1.165) is 0 Å². The van der Waals surface area contributed by atoms with Crippen molar-refractivity contribution in [2.75, 3.05) is 27.9 Å². The minimum atomic E-state index is -0.645. The molecule has 0 N–H and O–H groups in total. The van der Waals surface area contributed by atoms with E-state index < -0.39 is 12.6 Å². The lowest BCUT2D eigenvalue weighted by atomic mass is 10.1. The van der Waals surface area contributed by atoms with E-state index >= 15 is 0 Å². The normalized spacial score (nSPS) is 10.1. The van der Waals surface area contributed by atoms with Crippen LogP contribution in [0.5, 0.6) is 17.2 Å². The van der Waals surface area contributed by atoms with E-state index in [-0.39, 0.29) is 11.3 Å². The van der Waals surface area contributed by atoms with Gasteiger partial charge in [-0.15, -0.1) is 0 Å². The number of esters is 1. The molecule has 0 amide bonds. The van der Waals surface area contributed by atoms with Gasteiger partial charge in [0.15, 0.2) is 23.9 Å². The first-order valence-electron chi connectivity index (χ1n) is 7.26. The molecule has 0 fully saturated rings. The zero-order valence-electron chi connectivity index (χ0n) is 14.0. The average Bonchev–Trinajstić information content (AvgIpc) is 2.64.